The van der Waals surface area contributed by atoms with E-state index in [1.807, 2.05) is 30.5 Å². The second-order valence-corrected chi connectivity index (χ2v) is 5.20. The lowest BCUT2D eigenvalue weighted by molar-refractivity contribution is -0.120. The van der Waals surface area contributed by atoms with E-state index in [4.69, 9.17) is 9.47 Å². The highest BCUT2D eigenvalue weighted by atomic mass is 32.1. The van der Waals surface area contributed by atoms with E-state index in [0.29, 0.717) is 24.5 Å². The maximum Gasteiger partial charge on any atom is 0.226 e. The van der Waals surface area contributed by atoms with Crippen molar-refractivity contribution < 1.29 is 14.3 Å². The zero-order valence-corrected chi connectivity index (χ0v) is 13.1. The van der Waals surface area contributed by atoms with Crippen LogP contribution < -0.4 is 14.8 Å². The highest BCUT2D eigenvalue weighted by Crippen LogP contribution is 2.33. The van der Waals surface area contributed by atoms with Crippen molar-refractivity contribution in [3.63, 3.8) is 0 Å². The van der Waals surface area contributed by atoms with Crippen LogP contribution in [0.1, 0.15) is 12.6 Å². The fourth-order valence-electron chi connectivity index (χ4n) is 1.91. The van der Waals surface area contributed by atoms with E-state index in [0.717, 1.165) is 16.3 Å². The number of amides is 1. The van der Waals surface area contributed by atoms with Gasteiger partial charge in [0.05, 0.1) is 26.3 Å². The molecule has 1 aromatic carbocycles. The predicted octanol–water partition coefficient (Wildman–Crippen LogP) is 2.51. The number of thiazole rings is 1. The number of nitrogens with one attached hydrogen (secondary N) is 1. The van der Waals surface area contributed by atoms with E-state index in [9.17, 15) is 4.79 Å². The molecule has 0 spiro atoms. The Bertz CT molecular complexity index is 625. The molecule has 1 aromatic heterocycles. The van der Waals surface area contributed by atoms with Crippen LogP contribution in [0.2, 0.25) is 0 Å². The van der Waals surface area contributed by atoms with Gasteiger partial charge >= 0.3 is 0 Å². The first-order chi connectivity index (χ1) is 10.2. The summed E-state index contributed by atoms with van der Waals surface area (Å²) in [5.41, 5.74) is 1.72. The van der Waals surface area contributed by atoms with E-state index >= 15 is 0 Å². The normalized spacial score (nSPS) is 10.2. The average molecular weight is 306 g/mol. The minimum atomic E-state index is -0.0124. The third-order valence-electron chi connectivity index (χ3n) is 2.90. The second-order valence-electron chi connectivity index (χ2n) is 4.34. The van der Waals surface area contributed by atoms with Gasteiger partial charge in [-0.2, -0.15) is 0 Å². The summed E-state index contributed by atoms with van der Waals surface area (Å²) in [6.45, 7) is 2.53. The number of carbonyl (C=O) groups is 1. The van der Waals surface area contributed by atoms with E-state index < -0.39 is 0 Å². The molecular weight excluding hydrogens is 288 g/mol. The summed E-state index contributed by atoms with van der Waals surface area (Å²) in [7, 11) is 3.20. The van der Waals surface area contributed by atoms with Crippen LogP contribution in [0.25, 0.3) is 10.6 Å². The second kappa shape index (κ2) is 7.08. The van der Waals surface area contributed by atoms with Gasteiger partial charge in [0.1, 0.15) is 5.01 Å². The summed E-state index contributed by atoms with van der Waals surface area (Å²) in [5.74, 6) is 1.33. The molecule has 112 valence electrons. The smallest absolute Gasteiger partial charge is 0.226 e. The molecule has 1 N–H and O–H groups in total. The van der Waals surface area contributed by atoms with Crippen LogP contribution in [0, 0.1) is 0 Å². The molecule has 0 bridgehead atoms. The fraction of sp³-hybridized carbons (Fsp3) is 0.333. The SMILES string of the molecule is CCNC(=O)Cc1csc(-c2ccc(OC)c(OC)c2)n1. The van der Waals surface area contributed by atoms with Crippen molar-refractivity contribution in [2.24, 2.45) is 0 Å². The van der Waals surface area contributed by atoms with Crippen LogP contribution in [0.3, 0.4) is 0 Å². The molecule has 0 saturated carbocycles. The van der Waals surface area contributed by atoms with Crippen molar-refractivity contribution >= 4 is 17.2 Å². The largest absolute Gasteiger partial charge is 0.493 e. The molecule has 0 aliphatic heterocycles. The van der Waals surface area contributed by atoms with Gasteiger partial charge in [0.15, 0.2) is 11.5 Å². The van der Waals surface area contributed by atoms with E-state index in [-0.39, 0.29) is 5.91 Å². The maximum atomic E-state index is 11.6. The lowest BCUT2D eigenvalue weighted by atomic mass is 10.2. The number of ether oxygens (including phenoxy) is 2. The number of likely N-dealkylation sites (N-methyl/N-ethyl adjacent to an activating group) is 1. The molecule has 2 aromatic rings. The van der Waals surface area contributed by atoms with Crippen molar-refractivity contribution in [3.8, 4) is 22.1 Å². The molecule has 0 unspecified atom stereocenters. The van der Waals surface area contributed by atoms with Crippen LogP contribution in [0.15, 0.2) is 23.6 Å². The zero-order valence-electron chi connectivity index (χ0n) is 12.3. The van der Waals surface area contributed by atoms with Gasteiger partial charge in [0.25, 0.3) is 0 Å². The Labute approximate surface area is 127 Å². The first kappa shape index (κ1) is 15.3. The molecule has 6 heteroatoms. The average Bonchev–Trinajstić information content (AvgIpc) is 2.95. The molecule has 0 atom stereocenters. The molecule has 5 nitrogen and oxygen atoms in total. The summed E-state index contributed by atoms with van der Waals surface area (Å²) in [6.07, 6.45) is 0.303. The molecule has 21 heavy (non-hydrogen) atoms. The van der Waals surface area contributed by atoms with Crippen molar-refractivity contribution in [1.82, 2.24) is 10.3 Å². The summed E-state index contributed by atoms with van der Waals surface area (Å²) in [4.78, 5) is 16.1. The van der Waals surface area contributed by atoms with E-state index in [1.165, 1.54) is 11.3 Å². The Balaban J connectivity index is 2.19. The summed E-state index contributed by atoms with van der Waals surface area (Å²) in [6, 6.07) is 5.66. The van der Waals surface area contributed by atoms with Gasteiger partial charge in [-0.15, -0.1) is 11.3 Å². The first-order valence-electron chi connectivity index (χ1n) is 6.61. The monoisotopic (exact) mass is 306 g/mol. The summed E-state index contributed by atoms with van der Waals surface area (Å²) < 4.78 is 10.5. The Morgan fingerprint density at radius 3 is 2.71 bits per heavy atom. The van der Waals surface area contributed by atoms with Gasteiger partial charge in [-0.1, -0.05) is 0 Å². The zero-order chi connectivity index (χ0) is 15.2. The van der Waals surface area contributed by atoms with Crippen LogP contribution in [0.4, 0.5) is 0 Å². The molecule has 0 aliphatic rings. The highest BCUT2D eigenvalue weighted by molar-refractivity contribution is 7.13. The van der Waals surface area contributed by atoms with Crippen LogP contribution >= 0.6 is 11.3 Å². The van der Waals surface area contributed by atoms with Crippen LogP contribution in [-0.2, 0) is 11.2 Å². The number of rotatable bonds is 6. The molecule has 1 amide bonds. The van der Waals surface area contributed by atoms with Crippen molar-refractivity contribution in [1.29, 1.82) is 0 Å². The Morgan fingerprint density at radius 2 is 2.05 bits per heavy atom. The minimum absolute atomic E-state index is 0.0124. The van der Waals surface area contributed by atoms with Crippen LogP contribution in [0.5, 0.6) is 11.5 Å². The van der Waals surface area contributed by atoms with Gasteiger partial charge in [0.2, 0.25) is 5.91 Å². The number of benzene rings is 1. The van der Waals surface area contributed by atoms with Crippen molar-refractivity contribution in [3.05, 3.63) is 29.3 Å². The lowest BCUT2D eigenvalue weighted by Crippen LogP contribution is -2.24. The Morgan fingerprint density at radius 1 is 1.29 bits per heavy atom. The molecule has 2 rings (SSSR count). The standard InChI is InChI=1S/C15H18N2O3S/c1-4-16-14(18)8-11-9-21-15(17-11)10-5-6-12(19-2)13(7-10)20-3/h5-7,9H,4,8H2,1-3H3,(H,16,18). The number of hydrogen-bond donors (Lipinski definition) is 1. The topological polar surface area (TPSA) is 60.5 Å². The molecule has 1 heterocycles. The quantitative estimate of drug-likeness (QED) is 0.891. The van der Waals surface area contributed by atoms with Gasteiger partial charge in [-0.3, -0.25) is 4.79 Å². The minimum Gasteiger partial charge on any atom is -0.493 e. The number of aromatic nitrogens is 1. The van der Waals surface area contributed by atoms with E-state index in [2.05, 4.69) is 10.3 Å². The Kier molecular flexibility index (Phi) is 5.16. The number of methoxy groups -OCH3 is 2. The highest BCUT2D eigenvalue weighted by Gasteiger charge is 2.11. The van der Waals surface area contributed by atoms with Gasteiger partial charge in [-0.25, -0.2) is 4.98 Å². The number of nitrogens with zero attached hydrogens (tertiary/aromatic N) is 1. The number of hydrogen-bond acceptors (Lipinski definition) is 5. The fourth-order valence-corrected chi connectivity index (χ4v) is 2.73. The maximum absolute atomic E-state index is 11.6. The predicted molar refractivity (Wildman–Crippen MR) is 83.0 cm³/mol. The molecule has 0 saturated heterocycles. The third kappa shape index (κ3) is 3.72. The molecular formula is C15H18N2O3S. The van der Waals surface area contributed by atoms with Crippen molar-refractivity contribution in [2.75, 3.05) is 20.8 Å². The van der Waals surface area contributed by atoms with Gasteiger partial charge < -0.3 is 14.8 Å². The van der Waals surface area contributed by atoms with Gasteiger partial charge in [-0.05, 0) is 25.1 Å². The van der Waals surface area contributed by atoms with Crippen LogP contribution in [-0.4, -0.2) is 31.7 Å². The summed E-state index contributed by atoms with van der Waals surface area (Å²) in [5, 5.41) is 5.53. The third-order valence-corrected chi connectivity index (χ3v) is 3.84. The molecule has 0 fully saturated rings. The molecule has 0 radical (unpaired) electrons. The van der Waals surface area contributed by atoms with Crippen molar-refractivity contribution in [2.45, 2.75) is 13.3 Å². The first-order valence-corrected chi connectivity index (χ1v) is 7.49. The number of carbonyl (C=O) groups excluding carboxylic acids is 1. The molecule has 0 aliphatic carbocycles. The Hall–Kier alpha value is -2.08. The van der Waals surface area contributed by atoms with E-state index in [1.54, 1.807) is 14.2 Å². The lowest BCUT2D eigenvalue weighted by Gasteiger charge is -2.08. The van der Waals surface area contributed by atoms with Gasteiger partial charge in [0, 0.05) is 17.5 Å². The summed E-state index contributed by atoms with van der Waals surface area (Å²) >= 11 is 1.51.